The van der Waals surface area contributed by atoms with Crippen molar-refractivity contribution < 1.29 is 0 Å². The molecule has 8 heteroatoms. The molecule has 0 fully saturated rings. The number of hydrogen-bond acceptors (Lipinski definition) is 4. The fourth-order valence-corrected chi connectivity index (χ4v) is 14.9. The Morgan fingerprint density at radius 1 is 0.255 bits per heavy atom. The third-order valence-corrected chi connectivity index (χ3v) is 19.1. The van der Waals surface area contributed by atoms with E-state index >= 15 is 0 Å². The number of aromatic nitrogens is 7. The van der Waals surface area contributed by atoms with Gasteiger partial charge in [-0.15, -0.1) is 0 Å². The fraction of sp³-hybridized carbons (Fsp3) is 0.0465. The molecule has 8 nitrogen and oxygen atoms in total. The Balaban J connectivity index is 1.06. The highest BCUT2D eigenvalue weighted by molar-refractivity contribution is 6.16. The van der Waals surface area contributed by atoms with Gasteiger partial charge in [0, 0.05) is 76.7 Å². The van der Waals surface area contributed by atoms with Crippen LogP contribution >= 0.6 is 0 Å². The Morgan fingerprint density at radius 2 is 0.564 bits per heavy atom. The van der Waals surface area contributed by atoms with Crippen molar-refractivity contribution >= 4 is 87.2 Å². The van der Waals surface area contributed by atoms with Crippen molar-refractivity contribution in [3.05, 3.63) is 307 Å². The molecule has 442 valence electrons. The Kier molecular flexibility index (Phi) is 12.4. The Hall–Kier alpha value is -12.4. The highest BCUT2D eigenvalue weighted by atomic mass is 15.1. The standard InChI is InChI=1S/C86H58N8/c1-52-31-43-75-66(47-52)62-23-11-15-27-71(62)91(75)60-39-35-56(36-40-60)79-70(51-87)82(93-73-29-17-13-25-64(73)68-49-54(3)33-45-77(68)93)81(86-89-84(58-19-7-5-8-20-58)88-85(90-86)59-21-9-6-10-22-59)80(83(79)94-74-30-18-14-26-65(74)69-50-55(4)34-46-78(69)94)57-37-41-61(42-38-57)92-72-28-16-12-24-63(72)67-48-53(2)32-44-76(67)92/h5-50H,1-4H3. The minimum atomic E-state index is 0.412. The van der Waals surface area contributed by atoms with Gasteiger partial charge in [-0.2, -0.15) is 5.26 Å². The fourth-order valence-electron chi connectivity index (χ4n) is 14.9. The average Bonchev–Trinajstić information content (AvgIpc) is 1.33. The second-order valence-corrected chi connectivity index (χ2v) is 24.9. The monoisotopic (exact) mass is 1200 g/mol. The van der Waals surface area contributed by atoms with Crippen LogP contribution in [-0.2, 0) is 0 Å². The van der Waals surface area contributed by atoms with Crippen molar-refractivity contribution in [1.82, 2.24) is 33.2 Å². The van der Waals surface area contributed by atoms with E-state index in [1.165, 1.54) is 32.7 Å². The summed E-state index contributed by atoms with van der Waals surface area (Å²) in [5.74, 6) is 1.42. The van der Waals surface area contributed by atoms with E-state index in [1.54, 1.807) is 0 Å². The van der Waals surface area contributed by atoms with E-state index in [0.717, 1.165) is 127 Å². The van der Waals surface area contributed by atoms with Crippen LogP contribution in [-0.4, -0.2) is 33.2 Å². The van der Waals surface area contributed by atoms with E-state index < -0.39 is 0 Å². The van der Waals surface area contributed by atoms with Crippen molar-refractivity contribution in [1.29, 1.82) is 5.26 Å². The summed E-state index contributed by atoms with van der Waals surface area (Å²) in [4.78, 5) is 16.8. The lowest BCUT2D eigenvalue weighted by molar-refractivity contribution is 1.06. The maximum atomic E-state index is 13.0. The zero-order valence-electron chi connectivity index (χ0n) is 52.1. The summed E-state index contributed by atoms with van der Waals surface area (Å²) in [7, 11) is 0. The number of benzene rings is 13. The second kappa shape index (κ2) is 21.3. The first kappa shape index (κ1) is 54.5. The minimum Gasteiger partial charge on any atom is -0.309 e. The van der Waals surface area contributed by atoms with Crippen LogP contribution in [0.2, 0.25) is 0 Å². The van der Waals surface area contributed by atoms with Crippen molar-refractivity contribution in [3.8, 4) is 85.2 Å². The molecule has 5 aromatic heterocycles. The number of para-hydroxylation sites is 4. The minimum absolute atomic E-state index is 0.412. The predicted molar refractivity (Wildman–Crippen MR) is 388 cm³/mol. The van der Waals surface area contributed by atoms with Gasteiger partial charge < -0.3 is 18.3 Å². The maximum absolute atomic E-state index is 13.0. The SMILES string of the molecule is Cc1ccc2c(c1)c1ccccc1n2-c1ccc(-c2c(C#N)c(-n3c4ccccc4c4cc(C)ccc43)c(-c3nc(-c4ccccc4)nc(-c4ccccc4)n3)c(-c3ccc(-n4c5ccccc5c5cc(C)ccc54)cc3)c2-n2c3ccccc3c3cc(C)ccc32)cc1. The van der Waals surface area contributed by atoms with E-state index in [-0.39, 0.29) is 0 Å². The van der Waals surface area contributed by atoms with Gasteiger partial charge in [0.15, 0.2) is 17.5 Å². The molecule has 18 rings (SSSR count). The molecule has 0 saturated carbocycles. The first-order valence-corrected chi connectivity index (χ1v) is 32.0. The summed E-state index contributed by atoms with van der Waals surface area (Å²) in [6.45, 7) is 8.62. The molecule has 5 heterocycles. The van der Waals surface area contributed by atoms with Gasteiger partial charge in [0.05, 0.1) is 66.6 Å². The van der Waals surface area contributed by atoms with E-state index in [1.807, 2.05) is 36.4 Å². The van der Waals surface area contributed by atoms with Crippen LogP contribution in [0.25, 0.3) is 166 Å². The van der Waals surface area contributed by atoms with Gasteiger partial charge in [-0.25, -0.2) is 15.0 Å². The summed E-state index contributed by atoms with van der Waals surface area (Å²) in [6, 6.07) is 103. The van der Waals surface area contributed by atoms with Crippen LogP contribution in [0, 0.1) is 39.0 Å². The van der Waals surface area contributed by atoms with E-state index in [2.05, 4.69) is 295 Å². The molecule has 0 unspecified atom stereocenters. The van der Waals surface area contributed by atoms with Gasteiger partial charge in [-0.05, 0) is 136 Å². The van der Waals surface area contributed by atoms with Crippen LogP contribution in [0.4, 0.5) is 0 Å². The summed E-state index contributed by atoms with van der Waals surface area (Å²) in [5, 5.41) is 22.1. The van der Waals surface area contributed by atoms with Gasteiger partial charge in [0.1, 0.15) is 6.07 Å². The van der Waals surface area contributed by atoms with Gasteiger partial charge in [0.25, 0.3) is 0 Å². The van der Waals surface area contributed by atoms with E-state index in [0.29, 0.717) is 34.3 Å². The van der Waals surface area contributed by atoms with Crippen LogP contribution in [0.15, 0.2) is 279 Å². The van der Waals surface area contributed by atoms with Crippen LogP contribution in [0.5, 0.6) is 0 Å². The lowest BCUT2D eigenvalue weighted by Gasteiger charge is -2.27. The zero-order chi connectivity index (χ0) is 62.9. The molecule has 0 radical (unpaired) electrons. The highest BCUT2D eigenvalue weighted by Crippen LogP contribution is 2.53. The third kappa shape index (κ3) is 8.41. The highest BCUT2D eigenvalue weighted by Gasteiger charge is 2.34. The third-order valence-electron chi connectivity index (χ3n) is 19.1. The molecule has 0 aliphatic heterocycles. The number of nitriles is 1. The summed E-state index contributed by atoms with van der Waals surface area (Å²) in [5.41, 5.74) is 22.6. The molecular weight excluding hydrogens is 1150 g/mol. The number of nitrogens with zero attached hydrogens (tertiary/aromatic N) is 8. The van der Waals surface area contributed by atoms with Crippen molar-refractivity contribution in [2.24, 2.45) is 0 Å². The lowest BCUT2D eigenvalue weighted by atomic mass is 9.85. The predicted octanol–water partition coefficient (Wildman–Crippen LogP) is 21.7. The molecule has 0 N–H and O–H groups in total. The molecule has 0 aliphatic rings. The summed E-state index contributed by atoms with van der Waals surface area (Å²) >= 11 is 0. The van der Waals surface area contributed by atoms with Crippen molar-refractivity contribution in [2.45, 2.75) is 27.7 Å². The van der Waals surface area contributed by atoms with Gasteiger partial charge >= 0.3 is 0 Å². The summed E-state index contributed by atoms with van der Waals surface area (Å²) < 4.78 is 9.48. The molecule has 0 saturated heterocycles. The topological polar surface area (TPSA) is 82.2 Å². The molecular formula is C86H58N8. The molecule has 18 aromatic rings. The van der Waals surface area contributed by atoms with Gasteiger partial charge in [-0.3, -0.25) is 0 Å². The molecule has 0 aliphatic carbocycles. The number of hydrogen-bond donors (Lipinski definition) is 0. The maximum Gasteiger partial charge on any atom is 0.166 e. The Bertz CT molecular complexity index is 6140. The zero-order valence-corrected chi connectivity index (χ0v) is 52.1. The van der Waals surface area contributed by atoms with Gasteiger partial charge in [-0.1, -0.05) is 204 Å². The average molecular weight is 1200 g/mol. The molecule has 0 amide bonds. The van der Waals surface area contributed by atoms with Crippen molar-refractivity contribution in [3.63, 3.8) is 0 Å². The normalized spacial score (nSPS) is 11.8. The van der Waals surface area contributed by atoms with Crippen LogP contribution in [0.3, 0.4) is 0 Å². The molecule has 0 bridgehead atoms. The quantitative estimate of drug-likeness (QED) is 0.144. The van der Waals surface area contributed by atoms with Crippen molar-refractivity contribution in [2.75, 3.05) is 0 Å². The number of aryl methyl sites for hydroxylation is 4. The second-order valence-electron chi connectivity index (χ2n) is 24.9. The summed E-state index contributed by atoms with van der Waals surface area (Å²) in [6.07, 6.45) is 0. The molecule has 94 heavy (non-hydrogen) atoms. The van der Waals surface area contributed by atoms with Crippen LogP contribution in [0.1, 0.15) is 27.8 Å². The first-order chi connectivity index (χ1) is 46.2. The Labute approximate surface area is 542 Å². The molecule has 0 atom stereocenters. The Morgan fingerprint density at radius 3 is 0.947 bits per heavy atom. The van der Waals surface area contributed by atoms with E-state index in [4.69, 9.17) is 15.0 Å². The molecule has 13 aromatic carbocycles. The molecule has 0 spiro atoms. The number of rotatable bonds is 9. The lowest BCUT2D eigenvalue weighted by Crippen LogP contribution is -2.12. The number of fused-ring (bicyclic) bond motifs is 12. The first-order valence-electron chi connectivity index (χ1n) is 32.0. The van der Waals surface area contributed by atoms with Gasteiger partial charge in [0.2, 0.25) is 0 Å². The smallest absolute Gasteiger partial charge is 0.166 e. The van der Waals surface area contributed by atoms with Crippen LogP contribution < -0.4 is 0 Å². The van der Waals surface area contributed by atoms with E-state index in [9.17, 15) is 5.26 Å². The largest absolute Gasteiger partial charge is 0.309 e.